The van der Waals surface area contributed by atoms with Gasteiger partial charge >= 0.3 is 0 Å². The number of sulfonamides is 1. The third kappa shape index (κ3) is 4.25. The van der Waals surface area contributed by atoms with Gasteiger partial charge in [0.25, 0.3) is 10.0 Å². The molecule has 0 aliphatic carbocycles. The van der Waals surface area contributed by atoms with Crippen molar-refractivity contribution in [3.8, 4) is 5.75 Å². The van der Waals surface area contributed by atoms with Gasteiger partial charge in [-0.05, 0) is 55.5 Å². The predicted molar refractivity (Wildman–Crippen MR) is 102 cm³/mol. The Kier molecular flexibility index (Phi) is 5.95. The highest BCUT2D eigenvalue weighted by atomic mass is 32.2. The van der Waals surface area contributed by atoms with Crippen LogP contribution >= 0.6 is 11.3 Å². The molecule has 1 atom stereocenters. The molecule has 8 heteroatoms. The lowest BCUT2D eigenvalue weighted by Gasteiger charge is -2.30. The summed E-state index contributed by atoms with van der Waals surface area (Å²) in [5.41, 5.74) is 0.677. The molecule has 1 N–H and O–H groups in total. The number of hydrogen-bond acceptors (Lipinski definition) is 5. The third-order valence-electron chi connectivity index (χ3n) is 4.28. The van der Waals surface area contributed by atoms with Gasteiger partial charge in [-0.2, -0.15) is 4.31 Å². The fourth-order valence-electron chi connectivity index (χ4n) is 2.96. The minimum atomic E-state index is -3.51. The summed E-state index contributed by atoms with van der Waals surface area (Å²) in [6.45, 7) is 3.16. The number of carbonyl (C=O) groups excluding carboxylic acids is 1. The van der Waals surface area contributed by atoms with Crippen LogP contribution in [0.15, 0.2) is 46.0 Å². The summed E-state index contributed by atoms with van der Waals surface area (Å²) in [5, 5.41) is 4.62. The van der Waals surface area contributed by atoms with E-state index in [1.54, 1.807) is 41.8 Å². The lowest BCUT2D eigenvalue weighted by Crippen LogP contribution is -2.43. The summed E-state index contributed by atoms with van der Waals surface area (Å²) in [6, 6.07) is 10.5. The first kappa shape index (κ1) is 18.9. The fraction of sp³-hybridized carbons (Fsp3) is 0.389. The van der Waals surface area contributed by atoms with Gasteiger partial charge in [-0.15, -0.1) is 11.3 Å². The molecule has 1 aromatic carbocycles. The van der Waals surface area contributed by atoms with Crippen LogP contribution in [0.2, 0.25) is 0 Å². The van der Waals surface area contributed by atoms with E-state index in [0.717, 1.165) is 5.75 Å². The standard InChI is InChI=1S/C18H22N2O4S2/c1-2-24-16-9-7-15(8-10-16)19-18(21)14-5-3-11-20(13-14)26(22,23)17-6-4-12-25-17/h4,6-10,12,14H,2-3,5,11,13H2,1H3,(H,19,21)/t14-/m0/s1. The van der Waals surface area contributed by atoms with Gasteiger partial charge < -0.3 is 10.1 Å². The first-order valence-corrected chi connectivity index (χ1v) is 10.9. The molecule has 3 rings (SSSR count). The Morgan fingerprint density at radius 3 is 2.73 bits per heavy atom. The molecular formula is C18H22N2O4S2. The highest BCUT2D eigenvalue weighted by Gasteiger charge is 2.33. The van der Waals surface area contributed by atoms with Crippen molar-refractivity contribution < 1.29 is 17.9 Å². The molecule has 26 heavy (non-hydrogen) atoms. The van der Waals surface area contributed by atoms with E-state index in [9.17, 15) is 13.2 Å². The Morgan fingerprint density at radius 2 is 2.08 bits per heavy atom. The average molecular weight is 395 g/mol. The van der Waals surface area contributed by atoms with Gasteiger partial charge in [0.2, 0.25) is 5.91 Å². The van der Waals surface area contributed by atoms with E-state index in [-0.39, 0.29) is 18.4 Å². The van der Waals surface area contributed by atoms with Gasteiger partial charge in [0.15, 0.2) is 0 Å². The number of carbonyl (C=O) groups is 1. The van der Waals surface area contributed by atoms with Crippen molar-refractivity contribution >= 4 is 33.0 Å². The summed E-state index contributed by atoms with van der Waals surface area (Å²) in [6.07, 6.45) is 1.35. The first-order valence-electron chi connectivity index (χ1n) is 8.58. The van der Waals surface area contributed by atoms with Crippen molar-refractivity contribution in [2.75, 3.05) is 25.0 Å². The lowest BCUT2D eigenvalue weighted by atomic mass is 9.99. The SMILES string of the molecule is CCOc1ccc(NC(=O)[C@H]2CCCN(S(=O)(=O)c3cccs3)C2)cc1. The van der Waals surface area contributed by atoms with Crippen LogP contribution in [0.4, 0.5) is 5.69 Å². The second-order valence-electron chi connectivity index (χ2n) is 6.08. The van der Waals surface area contributed by atoms with E-state index in [0.29, 0.717) is 35.9 Å². The number of nitrogens with one attached hydrogen (secondary N) is 1. The van der Waals surface area contributed by atoms with Gasteiger partial charge in [-0.1, -0.05) is 6.07 Å². The summed E-state index contributed by atoms with van der Waals surface area (Å²) in [7, 11) is -3.51. The summed E-state index contributed by atoms with van der Waals surface area (Å²) >= 11 is 1.20. The van der Waals surface area contributed by atoms with Gasteiger partial charge in [0.1, 0.15) is 9.96 Å². The highest BCUT2D eigenvalue weighted by molar-refractivity contribution is 7.91. The largest absolute Gasteiger partial charge is 0.494 e. The average Bonchev–Trinajstić information content (AvgIpc) is 3.19. The molecule has 2 aromatic rings. The van der Waals surface area contributed by atoms with Crippen molar-refractivity contribution in [1.82, 2.24) is 4.31 Å². The Morgan fingerprint density at radius 1 is 1.31 bits per heavy atom. The highest BCUT2D eigenvalue weighted by Crippen LogP contribution is 2.27. The van der Waals surface area contributed by atoms with Gasteiger partial charge in [0, 0.05) is 18.8 Å². The van der Waals surface area contributed by atoms with E-state index in [4.69, 9.17) is 4.74 Å². The zero-order chi connectivity index (χ0) is 18.6. The quantitative estimate of drug-likeness (QED) is 0.816. The molecule has 0 bridgehead atoms. The van der Waals surface area contributed by atoms with E-state index in [1.807, 2.05) is 6.92 Å². The number of amides is 1. The number of hydrogen-bond donors (Lipinski definition) is 1. The van der Waals surface area contributed by atoms with E-state index < -0.39 is 10.0 Å². The maximum absolute atomic E-state index is 12.7. The molecule has 1 saturated heterocycles. The van der Waals surface area contributed by atoms with Crippen LogP contribution in [0.3, 0.4) is 0 Å². The van der Waals surface area contributed by atoms with Crippen LogP contribution in [0.25, 0.3) is 0 Å². The molecule has 140 valence electrons. The molecule has 0 radical (unpaired) electrons. The monoisotopic (exact) mass is 394 g/mol. The topological polar surface area (TPSA) is 75.7 Å². The third-order valence-corrected chi connectivity index (χ3v) is 7.52. The zero-order valence-corrected chi connectivity index (χ0v) is 16.2. The van der Waals surface area contributed by atoms with Crippen molar-refractivity contribution in [2.45, 2.75) is 24.0 Å². The minimum absolute atomic E-state index is 0.153. The number of ether oxygens (including phenoxy) is 1. The van der Waals surface area contributed by atoms with Gasteiger partial charge in [0.05, 0.1) is 12.5 Å². The number of piperidine rings is 1. The molecule has 0 spiro atoms. The Hall–Kier alpha value is -1.90. The Bertz CT molecular complexity index is 833. The fourth-order valence-corrected chi connectivity index (χ4v) is 5.63. The maximum Gasteiger partial charge on any atom is 0.252 e. The van der Waals surface area contributed by atoms with E-state index in [2.05, 4.69) is 5.32 Å². The van der Waals surface area contributed by atoms with Crippen LogP contribution in [-0.4, -0.2) is 38.3 Å². The van der Waals surface area contributed by atoms with E-state index >= 15 is 0 Å². The van der Waals surface area contributed by atoms with Crippen molar-refractivity contribution in [3.05, 3.63) is 41.8 Å². The number of rotatable bonds is 6. The second-order valence-corrected chi connectivity index (χ2v) is 9.19. The molecule has 1 amide bonds. The summed E-state index contributed by atoms with van der Waals surface area (Å²) in [5.74, 6) is 0.238. The molecule has 1 aliphatic heterocycles. The second kappa shape index (κ2) is 8.20. The van der Waals surface area contributed by atoms with Crippen molar-refractivity contribution in [1.29, 1.82) is 0 Å². The van der Waals surface area contributed by atoms with Crippen molar-refractivity contribution in [2.24, 2.45) is 5.92 Å². The van der Waals surface area contributed by atoms with Crippen LogP contribution in [0, 0.1) is 5.92 Å². The van der Waals surface area contributed by atoms with Crippen LogP contribution < -0.4 is 10.1 Å². The molecule has 2 heterocycles. The molecule has 1 aromatic heterocycles. The minimum Gasteiger partial charge on any atom is -0.494 e. The molecule has 0 saturated carbocycles. The molecular weight excluding hydrogens is 372 g/mol. The van der Waals surface area contributed by atoms with Crippen LogP contribution in [-0.2, 0) is 14.8 Å². The zero-order valence-electron chi connectivity index (χ0n) is 14.6. The van der Waals surface area contributed by atoms with Crippen molar-refractivity contribution in [3.63, 3.8) is 0 Å². The molecule has 6 nitrogen and oxygen atoms in total. The maximum atomic E-state index is 12.7. The number of benzene rings is 1. The van der Waals surface area contributed by atoms with Crippen LogP contribution in [0.5, 0.6) is 5.75 Å². The molecule has 1 aliphatic rings. The Balaban J connectivity index is 1.64. The summed E-state index contributed by atoms with van der Waals surface area (Å²) in [4.78, 5) is 12.6. The lowest BCUT2D eigenvalue weighted by molar-refractivity contribution is -0.120. The van der Waals surface area contributed by atoms with Crippen LogP contribution in [0.1, 0.15) is 19.8 Å². The summed E-state index contributed by atoms with van der Waals surface area (Å²) < 4.78 is 32.5. The molecule has 0 unspecified atom stereocenters. The predicted octanol–water partition coefficient (Wildman–Crippen LogP) is 3.19. The smallest absolute Gasteiger partial charge is 0.252 e. The molecule has 1 fully saturated rings. The Labute approximate surface area is 157 Å². The number of thiophene rings is 1. The normalized spacial score (nSPS) is 18.4. The van der Waals surface area contributed by atoms with Gasteiger partial charge in [-0.3, -0.25) is 4.79 Å². The number of nitrogens with zero attached hydrogens (tertiary/aromatic N) is 1. The van der Waals surface area contributed by atoms with E-state index in [1.165, 1.54) is 15.6 Å². The first-order chi connectivity index (χ1) is 12.5. The van der Waals surface area contributed by atoms with Gasteiger partial charge in [-0.25, -0.2) is 8.42 Å². The number of anilines is 1.